The first-order valence-electron chi connectivity index (χ1n) is 3.71. The predicted molar refractivity (Wildman–Crippen MR) is 49.2 cm³/mol. The van der Waals surface area contributed by atoms with E-state index in [0.29, 0.717) is 6.07 Å². The highest BCUT2D eigenvalue weighted by atomic mass is 32.2. The van der Waals surface area contributed by atoms with E-state index in [1.807, 2.05) is 0 Å². The van der Waals surface area contributed by atoms with Crippen LogP contribution >= 0.6 is 0 Å². The van der Waals surface area contributed by atoms with E-state index in [-0.39, 0.29) is 5.56 Å². The zero-order chi connectivity index (χ0) is 11.8. The second-order valence-electron chi connectivity index (χ2n) is 2.87. The Kier molecular flexibility index (Phi) is 2.73. The average molecular weight is 234 g/mol. The highest BCUT2D eigenvalue weighted by molar-refractivity contribution is 7.89. The number of sulfonamides is 1. The molecule has 0 aliphatic carbocycles. The highest BCUT2D eigenvalue weighted by Gasteiger charge is 2.21. The normalized spacial score (nSPS) is 11.4. The largest absolute Gasteiger partial charge is 0.306 e. The molecule has 0 heterocycles. The first kappa shape index (κ1) is 11.5. The molecule has 0 aliphatic heterocycles. The molecule has 6 nitrogen and oxygen atoms in total. The number of hydrogen-bond acceptors (Lipinski definition) is 4. The van der Waals surface area contributed by atoms with Gasteiger partial charge in [0, 0.05) is 6.07 Å². The molecule has 0 saturated carbocycles. The quantitative estimate of drug-likeness (QED) is 0.600. The zero-order valence-electron chi connectivity index (χ0n) is 7.60. The molecule has 1 aromatic carbocycles. The minimum atomic E-state index is -4.08. The summed E-state index contributed by atoms with van der Waals surface area (Å²) in [6.07, 6.45) is 0. The Bertz CT molecular complexity index is 526. The van der Waals surface area contributed by atoms with Crippen LogP contribution in [-0.2, 0) is 10.0 Å². The monoisotopic (exact) mass is 234 g/mol. The molecule has 0 aromatic heterocycles. The second-order valence-corrected chi connectivity index (χ2v) is 4.40. The van der Waals surface area contributed by atoms with Crippen LogP contribution in [0.25, 0.3) is 0 Å². The van der Waals surface area contributed by atoms with E-state index in [2.05, 4.69) is 0 Å². The van der Waals surface area contributed by atoms with Gasteiger partial charge in [-0.15, -0.1) is 0 Å². The molecule has 2 N–H and O–H groups in total. The van der Waals surface area contributed by atoms with Gasteiger partial charge in [0.05, 0.1) is 9.82 Å². The summed E-state index contributed by atoms with van der Waals surface area (Å²) in [5.41, 5.74) is -0.884. The Hall–Kier alpha value is -1.54. The molecule has 0 unspecified atom stereocenters. The summed E-state index contributed by atoms with van der Waals surface area (Å²) in [7, 11) is -4.08. The number of nitro groups is 1. The van der Waals surface area contributed by atoms with Crippen molar-refractivity contribution in [2.75, 3.05) is 0 Å². The summed E-state index contributed by atoms with van der Waals surface area (Å²) in [6, 6.07) is 1.37. The third-order valence-electron chi connectivity index (χ3n) is 1.75. The third-order valence-corrected chi connectivity index (χ3v) is 2.80. The molecule has 0 saturated heterocycles. The van der Waals surface area contributed by atoms with Crippen LogP contribution in [0.3, 0.4) is 0 Å². The van der Waals surface area contributed by atoms with Crippen LogP contribution in [-0.4, -0.2) is 13.3 Å². The number of hydrogen-bond donors (Lipinski definition) is 1. The van der Waals surface area contributed by atoms with E-state index >= 15 is 0 Å². The van der Waals surface area contributed by atoms with Crippen LogP contribution in [0, 0.1) is 22.9 Å². The summed E-state index contributed by atoms with van der Waals surface area (Å²) >= 11 is 0. The maximum Gasteiger partial charge on any atom is 0.306 e. The lowest BCUT2D eigenvalue weighted by molar-refractivity contribution is -0.387. The van der Waals surface area contributed by atoms with Crippen molar-refractivity contribution < 1.29 is 17.7 Å². The lowest BCUT2D eigenvalue weighted by Gasteiger charge is -2.03. The first-order valence-corrected chi connectivity index (χ1v) is 5.25. The molecule has 82 valence electrons. The van der Waals surface area contributed by atoms with Gasteiger partial charge in [0.2, 0.25) is 15.8 Å². The molecular formula is C7H7FN2O4S. The molecule has 1 rings (SSSR count). The number of halogens is 1. The highest BCUT2D eigenvalue weighted by Crippen LogP contribution is 2.24. The molecule has 8 heteroatoms. The van der Waals surface area contributed by atoms with Gasteiger partial charge in [0.15, 0.2) is 0 Å². The van der Waals surface area contributed by atoms with E-state index in [4.69, 9.17) is 5.14 Å². The Balaban J connectivity index is 3.58. The zero-order valence-corrected chi connectivity index (χ0v) is 8.41. The number of aryl methyl sites for hydroxylation is 1. The van der Waals surface area contributed by atoms with Crippen molar-refractivity contribution in [2.24, 2.45) is 5.14 Å². The predicted octanol–water partition coefficient (Wildman–Crippen LogP) is 0.690. The standard InChI is InChI=1S/C7H7FN2O4S/c1-4-2-5(8)6(10(11)12)3-7(4)15(9,13)14/h2-3H,1H3,(H2,9,13,14). The molecule has 0 spiro atoms. The van der Waals surface area contributed by atoms with Gasteiger partial charge < -0.3 is 0 Å². The average Bonchev–Trinajstić information content (AvgIpc) is 2.00. The maximum atomic E-state index is 13.0. The van der Waals surface area contributed by atoms with Crippen LogP contribution in [0.15, 0.2) is 17.0 Å². The number of benzene rings is 1. The van der Waals surface area contributed by atoms with E-state index in [1.54, 1.807) is 0 Å². The van der Waals surface area contributed by atoms with Gasteiger partial charge in [-0.25, -0.2) is 13.6 Å². The molecule has 0 atom stereocenters. The minimum Gasteiger partial charge on any atom is -0.258 e. The Morgan fingerprint density at radius 1 is 1.47 bits per heavy atom. The Labute approximate surface area is 84.7 Å². The number of nitrogens with two attached hydrogens (primary N) is 1. The topological polar surface area (TPSA) is 103 Å². The van der Waals surface area contributed by atoms with Crippen molar-refractivity contribution in [1.82, 2.24) is 0 Å². The van der Waals surface area contributed by atoms with Crippen LogP contribution in [0.5, 0.6) is 0 Å². The van der Waals surface area contributed by atoms with Crippen molar-refractivity contribution >= 4 is 15.7 Å². The van der Waals surface area contributed by atoms with Crippen molar-refractivity contribution in [3.8, 4) is 0 Å². The maximum absolute atomic E-state index is 13.0. The molecule has 0 radical (unpaired) electrons. The van der Waals surface area contributed by atoms with Crippen LogP contribution in [0.1, 0.15) is 5.56 Å². The van der Waals surface area contributed by atoms with E-state index < -0.39 is 31.3 Å². The van der Waals surface area contributed by atoms with E-state index in [0.717, 1.165) is 6.07 Å². The van der Waals surface area contributed by atoms with Crippen LogP contribution < -0.4 is 5.14 Å². The van der Waals surface area contributed by atoms with Gasteiger partial charge in [0.1, 0.15) is 0 Å². The lowest BCUT2D eigenvalue weighted by atomic mass is 10.2. The summed E-state index contributed by atoms with van der Waals surface area (Å²) in [5, 5.41) is 15.1. The Morgan fingerprint density at radius 2 is 2.00 bits per heavy atom. The van der Waals surface area contributed by atoms with Gasteiger partial charge in [0.25, 0.3) is 0 Å². The van der Waals surface area contributed by atoms with Gasteiger partial charge in [-0.05, 0) is 18.6 Å². The fourth-order valence-corrected chi connectivity index (χ4v) is 1.87. The van der Waals surface area contributed by atoms with Crippen LogP contribution in [0.2, 0.25) is 0 Å². The van der Waals surface area contributed by atoms with Crippen molar-refractivity contribution in [2.45, 2.75) is 11.8 Å². The SMILES string of the molecule is Cc1cc(F)c([N+](=O)[O-])cc1S(N)(=O)=O. The van der Waals surface area contributed by atoms with Gasteiger partial charge in [-0.1, -0.05) is 0 Å². The second kappa shape index (κ2) is 3.55. The number of nitrogens with zero attached hydrogens (tertiary/aromatic N) is 1. The lowest BCUT2D eigenvalue weighted by Crippen LogP contribution is -2.14. The number of nitro benzene ring substituents is 1. The fourth-order valence-electron chi connectivity index (χ4n) is 1.09. The van der Waals surface area contributed by atoms with E-state index in [9.17, 15) is 22.9 Å². The van der Waals surface area contributed by atoms with E-state index in [1.165, 1.54) is 6.92 Å². The van der Waals surface area contributed by atoms with Gasteiger partial charge >= 0.3 is 5.69 Å². The molecular weight excluding hydrogens is 227 g/mol. The first-order chi connectivity index (χ1) is 6.73. The number of rotatable bonds is 2. The van der Waals surface area contributed by atoms with Crippen molar-refractivity contribution in [3.63, 3.8) is 0 Å². The molecule has 0 amide bonds. The summed E-state index contributed by atoms with van der Waals surface area (Å²) < 4.78 is 34.9. The minimum absolute atomic E-state index is 0.0283. The summed E-state index contributed by atoms with van der Waals surface area (Å²) in [6.45, 7) is 1.30. The third kappa shape index (κ3) is 2.28. The van der Waals surface area contributed by atoms with Gasteiger partial charge in [-0.2, -0.15) is 4.39 Å². The van der Waals surface area contributed by atoms with Crippen molar-refractivity contribution in [3.05, 3.63) is 33.6 Å². The Morgan fingerprint density at radius 3 is 2.40 bits per heavy atom. The fraction of sp³-hybridized carbons (Fsp3) is 0.143. The molecule has 15 heavy (non-hydrogen) atoms. The molecule has 0 bridgehead atoms. The van der Waals surface area contributed by atoms with Crippen LogP contribution in [0.4, 0.5) is 10.1 Å². The van der Waals surface area contributed by atoms with Gasteiger partial charge in [-0.3, -0.25) is 10.1 Å². The summed E-state index contributed by atoms with van der Waals surface area (Å²) in [5.74, 6) is -1.09. The van der Waals surface area contributed by atoms with Crippen molar-refractivity contribution in [1.29, 1.82) is 0 Å². The number of primary sulfonamides is 1. The molecule has 1 aromatic rings. The smallest absolute Gasteiger partial charge is 0.258 e. The molecule has 0 aliphatic rings. The summed E-state index contributed by atoms with van der Waals surface area (Å²) in [4.78, 5) is 8.88. The molecule has 0 fully saturated rings.